The quantitative estimate of drug-likeness (QED) is 0.551. The zero-order chi connectivity index (χ0) is 23.2. The van der Waals surface area contributed by atoms with Crippen LogP contribution in [0.3, 0.4) is 0 Å². The highest BCUT2D eigenvalue weighted by Crippen LogP contribution is 2.54. The van der Waals surface area contributed by atoms with Gasteiger partial charge in [0.1, 0.15) is 5.69 Å². The van der Waals surface area contributed by atoms with E-state index in [0.29, 0.717) is 5.69 Å². The van der Waals surface area contributed by atoms with Crippen LogP contribution < -0.4 is 5.46 Å². The molecule has 1 amide bonds. The van der Waals surface area contributed by atoms with E-state index in [0.717, 1.165) is 35.1 Å². The van der Waals surface area contributed by atoms with Crippen molar-refractivity contribution in [3.63, 3.8) is 0 Å². The van der Waals surface area contributed by atoms with Crippen LogP contribution in [0.1, 0.15) is 56.6 Å². The second-order valence-corrected chi connectivity index (χ2v) is 10.6. The third kappa shape index (κ3) is 2.90. The first-order valence-electron chi connectivity index (χ1n) is 11.7. The smallest absolute Gasteiger partial charge is 0.399 e. The van der Waals surface area contributed by atoms with Gasteiger partial charge in [0, 0.05) is 24.4 Å². The molecule has 1 saturated carbocycles. The Morgan fingerprint density at radius 1 is 0.879 bits per heavy atom. The zero-order valence-corrected chi connectivity index (χ0v) is 19.9. The Morgan fingerprint density at radius 2 is 1.55 bits per heavy atom. The summed E-state index contributed by atoms with van der Waals surface area (Å²) in [6.45, 7) is 8.28. The van der Waals surface area contributed by atoms with Crippen LogP contribution in [0.5, 0.6) is 0 Å². The van der Waals surface area contributed by atoms with Crippen LogP contribution >= 0.6 is 0 Å². The van der Waals surface area contributed by atoms with Crippen molar-refractivity contribution in [2.24, 2.45) is 0 Å². The lowest BCUT2D eigenvalue weighted by molar-refractivity contribution is 0.00578. The maximum Gasteiger partial charge on any atom is 0.494 e. The van der Waals surface area contributed by atoms with Crippen LogP contribution in [0.15, 0.2) is 60.8 Å². The first-order chi connectivity index (χ1) is 15.6. The van der Waals surface area contributed by atoms with Crippen LogP contribution in [-0.2, 0) is 14.8 Å². The lowest BCUT2D eigenvalue weighted by Crippen LogP contribution is -2.41. The van der Waals surface area contributed by atoms with E-state index in [-0.39, 0.29) is 11.4 Å². The second kappa shape index (κ2) is 6.61. The van der Waals surface area contributed by atoms with E-state index in [2.05, 4.69) is 68.8 Å². The van der Waals surface area contributed by atoms with E-state index < -0.39 is 18.3 Å². The molecule has 0 radical (unpaired) electrons. The number of aromatic nitrogens is 1. The molecule has 168 valence electrons. The van der Waals surface area contributed by atoms with Gasteiger partial charge in [0.2, 0.25) is 0 Å². The number of nitrogens with zero attached hydrogens (tertiary/aromatic N) is 2. The van der Waals surface area contributed by atoms with Gasteiger partial charge >= 0.3 is 7.12 Å². The van der Waals surface area contributed by atoms with E-state index in [4.69, 9.17) is 9.31 Å². The second-order valence-electron chi connectivity index (χ2n) is 10.6. The van der Waals surface area contributed by atoms with Gasteiger partial charge in [-0.25, -0.2) is 0 Å². The molecular weight excluding hydrogens is 411 g/mol. The third-order valence-electron chi connectivity index (χ3n) is 8.12. The van der Waals surface area contributed by atoms with Gasteiger partial charge < -0.3 is 18.8 Å². The molecule has 3 aliphatic rings. The Hall–Kier alpha value is -2.83. The van der Waals surface area contributed by atoms with Crippen molar-refractivity contribution in [3.8, 4) is 16.8 Å². The summed E-state index contributed by atoms with van der Waals surface area (Å²) in [5.41, 5.74) is 4.97. The largest absolute Gasteiger partial charge is 0.494 e. The summed E-state index contributed by atoms with van der Waals surface area (Å²) in [6, 6.07) is 18.7. The predicted molar refractivity (Wildman–Crippen MR) is 130 cm³/mol. The molecule has 1 aliphatic carbocycles. The van der Waals surface area contributed by atoms with Gasteiger partial charge in [-0.2, -0.15) is 0 Å². The first-order valence-corrected chi connectivity index (χ1v) is 11.7. The molecule has 3 aromatic rings. The minimum absolute atomic E-state index is 0.0584. The molecule has 0 bridgehead atoms. The molecule has 1 saturated heterocycles. The molecule has 2 aromatic carbocycles. The van der Waals surface area contributed by atoms with Crippen LogP contribution in [0, 0.1) is 0 Å². The fraction of sp³-hybridized carbons (Fsp3) is 0.370. The molecular formula is C27H29BN2O3. The molecule has 0 atom stereocenters. The van der Waals surface area contributed by atoms with Crippen molar-refractivity contribution in [2.45, 2.75) is 57.3 Å². The number of fused-ring (bicyclic) bond motifs is 4. The summed E-state index contributed by atoms with van der Waals surface area (Å²) >= 11 is 0. The number of carbonyl (C=O) groups excluding carboxylic acids is 1. The summed E-state index contributed by atoms with van der Waals surface area (Å²) in [4.78, 5) is 15.5. The number of hydrogen-bond donors (Lipinski definition) is 0. The van der Waals surface area contributed by atoms with E-state index in [1.807, 2.05) is 36.2 Å². The fourth-order valence-corrected chi connectivity index (χ4v) is 5.15. The monoisotopic (exact) mass is 440 g/mol. The lowest BCUT2D eigenvalue weighted by atomic mass is 9.77. The minimum atomic E-state index is -0.445. The summed E-state index contributed by atoms with van der Waals surface area (Å²) in [6.07, 6.45) is 4.05. The van der Waals surface area contributed by atoms with Gasteiger partial charge in [-0.3, -0.25) is 4.79 Å². The van der Waals surface area contributed by atoms with Crippen molar-refractivity contribution in [3.05, 3.63) is 72.1 Å². The molecule has 6 heteroatoms. The number of rotatable bonds is 2. The van der Waals surface area contributed by atoms with E-state index in [9.17, 15) is 4.79 Å². The average Bonchev–Trinajstić information content (AvgIpc) is 3.43. The van der Waals surface area contributed by atoms with Gasteiger partial charge in [0.05, 0.1) is 22.4 Å². The molecule has 0 unspecified atom stereocenters. The fourth-order valence-electron chi connectivity index (χ4n) is 5.15. The minimum Gasteiger partial charge on any atom is -0.399 e. The number of carbonyl (C=O) groups is 1. The van der Waals surface area contributed by atoms with Crippen molar-refractivity contribution in [1.82, 2.24) is 9.47 Å². The maximum atomic E-state index is 13.6. The number of amides is 1. The third-order valence-corrected chi connectivity index (χ3v) is 8.12. The van der Waals surface area contributed by atoms with Crippen LogP contribution in [0.25, 0.3) is 16.8 Å². The highest BCUT2D eigenvalue weighted by Gasteiger charge is 2.55. The topological polar surface area (TPSA) is 43.7 Å². The van der Waals surface area contributed by atoms with E-state index >= 15 is 0 Å². The summed E-state index contributed by atoms with van der Waals surface area (Å²) in [7, 11) is 1.49. The normalized spacial score (nSPS) is 21.7. The Labute approximate surface area is 195 Å². The van der Waals surface area contributed by atoms with Gasteiger partial charge in [0.15, 0.2) is 0 Å². The molecule has 33 heavy (non-hydrogen) atoms. The molecule has 3 heterocycles. The average molecular weight is 440 g/mol. The van der Waals surface area contributed by atoms with Crippen molar-refractivity contribution in [1.29, 1.82) is 0 Å². The Kier molecular flexibility index (Phi) is 4.16. The summed E-state index contributed by atoms with van der Waals surface area (Å²) in [5, 5.41) is 0. The van der Waals surface area contributed by atoms with E-state index in [1.54, 1.807) is 0 Å². The van der Waals surface area contributed by atoms with Gasteiger partial charge in [-0.05, 0) is 63.7 Å². The molecule has 0 N–H and O–H groups in total. The number of benzene rings is 2. The van der Waals surface area contributed by atoms with Crippen LogP contribution in [0.4, 0.5) is 0 Å². The van der Waals surface area contributed by atoms with Gasteiger partial charge in [0.25, 0.3) is 5.91 Å². The van der Waals surface area contributed by atoms with E-state index in [1.165, 1.54) is 5.56 Å². The zero-order valence-electron chi connectivity index (χ0n) is 19.9. The SMILES string of the molecule is CN1C(=O)c2cc(-c3ccccc3)cn2-c2cc(B3OC(C)(C)C(C)(C)O3)ccc2C12CC2. The Morgan fingerprint density at radius 3 is 2.18 bits per heavy atom. The van der Waals surface area contributed by atoms with Gasteiger partial charge in [-0.15, -0.1) is 0 Å². The standard InChI is InChI=1S/C27H29BN2O3/c1-25(2)26(3,4)33-28(32-25)20-11-12-21-22(16-20)30-17-19(18-9-7-6-8-10-18)15-23(30)24(31)29(5)27(21)13-14-27/h6-12,15-17H,13-14H2,1-5H3. The van der Waals surface area contributed by atoms with Crippen molar-refractivity contribution >= 4 is 18.5 Å². The Bertz CT molecular complexity index is 1260. The molecule has 5 nitrogen and oxygen atoms in total. The molecule has 2 aliphatic heterocycles. The predicted octanol–water partition coefficient (Wildman–Crippen LogP) is 4.52. The molecule has 1 aromatic heterocycles. The highest BCUT2D eigenvalue weighted by atomic mass is 16.7. The molecule has 1 spiro atoms. The highest BCUT2D eigenvalue weighted by molar-refractivity contribution is 6.62. The summed E-state index contributed by atoms with van der Waals surface area (Å²) < 4.78 is 14.7. The van der Waals surface area contributed by atoms with Crippen molar-refractivity contribution < 1.29 is 14.1 Å². The Balaban J connectivity index is 1.52. The van der Waals surface area contributed by atoms with Gasteiger partial charge in [-0.1, -0.05) is 42.5 Å². The molecule has 6 rings (SSSR count). The van der Waals surface area contributed by atoms with Crippen LogP contribution in [-0.4, -0.2) is 40.7 Å². The summed E-state index contributed by atoms with van der Waals surface area (Å²) in [5.74, 6) is 0.0584. The number of hydrogen-bond acceptors (Lipinski definition) is 3. The molecule has 2 fully saturated rings. The van der Waals surface area contributed by atoms with Crippen molar-refractivity contribution in [2.75, 3.05) is 7.05 Å². The van der Waals surface area contributed by atoms with Crippen LogP contribution in [0.2, 0.25) is 0 Å². The lowest BCUT2D eigenvalue weighted by Gasteiger charge is -2.32. The maximum absolute atomic E-state index is 13.6. The first kappa shape index (κ1) is 20.8.